The number of hydrogen-bond acceptors (Lipinski definition) is 7. The summed E-state index contributed by atoms with van der Waals surface area (Å²) in [6.07, 6.45) is 1.10. The molecular formula is C22H18N4O7S. The van der Waals surface area contributed by atoms with Crippen LogP contribution in [0.2, 0.25) is 0 Å². The van der Waals surface area contributed by atoms with Crippen molar-refractivity contribution >= 4 is 39.5 Å². The number of carboxylic acid groups (broad SMARTS) is 1. The molecule has 0 fully saturated rings. The number of carboxylic acids is 1. The van der Waals surface area contributed by atoms with Crippen LogP contribution in [-0.2, 0) is 14.8 Å². The highest BCUT2D eigenvalue weighted by Gasteiger charge is 2.31. The normalized spacial score (nSPS) is 11.2. The van der Waals surface area contributed by atoms with Crippen molar-refractivity contribution in [1.82, 2.24) is 5.43 Å². The van der Waals surface area contributed by atoms with Crippen LogP contribution in [0.4, 0.5) is 11.4 Å². The second kappa shape index (κ2) is 10.4. The number of para-hydroxylation sites is 2. The topological polar surface area (TPSA) is 159 Å². The Balaban J connectivity index is 1.92. The summed E-state index contributed by atoms with van der Waals surface area (Å²) in [5.41, 5.74) is 1.49. The van der Waals surface area contributed by atoms with E-state index in [1.807, 2.05) is 0 Å². The van der Waals surface area contributed by atoms with E-state index in [0.29, 0.717) is 4.31 Å². The van der Waals surface area contributed by atoms with Gasteiger partial charge in [-0.25, -0.2) is 22.9 Å². The number of nitrogens with zero attached hydrogens (tertiary/aromatic N) is 3. The molecule has 3 aromatic carbocycles. The highest BCUT2D eigenvalue weighted by molar-refractivity contribution is 7.92. The summed E-state index contributed by atoms with van der Waals surface area (Å²) < 4.78 is 27.2. The SMILES string of the molecule is O=C(CN(c1ccccc1[N+](=O)[O-])S(=O)(=O)c1ccccc1)N/N=C\c1ccccc1C(=O)O. The largest absolute Gasteiger partial charge is 0.478 e. The van der Waals surface area contributed by atoms with Crippen LogP contribution >= 0.6 is 0 Å². The van der Waals surface area contributed by atoms with Crippen LogP contribution in [0.5, 0.6) is 0 Å². The summed E-state index contributed by atoms with van der Waals surface area (Å²) in [6, 6.07) is 18.2. The van der Waals surface area contributed by atoms with Gasteiger partial charge in [0.05, 0.1) is 21.6 Å². The Morgan fingerprint density at radius 3 is 2.29 bits per heavy atom. The first-order chi connectivity index (χ1) is 16.2. The van der Waals surface area contributed by atoms with Gasteiger partial charge in [-0.2, -0.15) is 5.10 Å². The molecule has 0 saturated carbocycles. The lowest BCUT2D eigenvalue weighted by molar-refractivity contribution is -0.384. The summed E-state index contributed by atoms with van der Waals surface area (Å²) >= 11 is 0. The van der Waals surface area contributed by atoms with Gasteiger partial charge in [0.2, 0.25) is 0 Å². The van der Waals surface area contributed by atoms with Crippen molar-refractivity contribution < 1.29 is 28.0 Å². The number of nitro benzene ring substituents is 1. The number of rotatable bonds is 9. The summed E-state index contributed by atoms with van der Waals surface area (Å²) in [5.74, 6) is -2.09. The molecular weight excluding hydrogens is 464 g/mol. The van der Waals surface area contributed by atoms with E-state index in [1.54, 1.807) is 12.1 Å². The van der Waals surface area contributed by atoms with E-state index in [0.717, 1.165) is 12.3 Å². The molecule has 0 aliphatic carbocycles. The summed E-state index contributed by atoms with van der Waals surface area (Å²) in [6.45, 7) is -0.819. The molecule has 11 nitrogen and oxygen atoms in total. The minimum absolute atomic E-state index is 0.0475. The molecule has 2 N–H and O–H groups in total. The highest BCUT2D eigenvalue weighted by Crippen LogP contribution is 2.31. The molecule has 0 aliphatic rings. The van der Waals surface area contributed by atoms with Crippen molar-refractivity contribution in [2.75, 3.05) is 10.8 Å². The van der Waals surface area contributed by atoms with Crippen LogP contribution in [-0.4, -0.2) is 43.1 Å². The zero-order valence-corrected chi connectivity index (χ0v) is 18.3. The predicted octanol–water partition coefficient (Wildman–Crippen LogP) is 2.64. The molecule has 0 unspecified atom stereocenters. The van der Waals surface area contributed by atoms with E-state index in [4.69, 9.17) is 0 Å². The molecule has 0 atom stereocenters. The first kappa shape index (κ1) is 24.1. The third-order valence-electron chi connectivity index (χ3n) is 4.55. The van der Waals surface area contributed by atoms with E-state index in [1.165, 1.54) is 60.7 Å². The fourth-order valence-corrected chi connectivity index (χ4v) is 4.45. The number of nitrogens with one attached hydrogen (secondary N) is 1. The Morgan fingerprint density at radius 1 is 1.00 bits per heavy atom. The number of amides is 1. The lowest BCUT2D eigenvalue weighted by Crippen LogP contribution is -2.39. The number of sulfonamides is 1. The van der Waals surface area contributed by atoms with Crippen molar-refractivity contribution in [3.8, 4) is 0 Å². The Morgan fingerprint density at radius 2 is 1.62 bits per heavy atom. The van der Waals surface area contributed by atoms with E-state index in [-0.39, 0.29) is 21.7 Å². The summed E-state index contributed by atoms with van der Waals surface area (Å²) in [7, 11) is -4.36. The second-order valence-electron chi connectivity index (χ2n) is 6.76. The van der Waals surface area contributed by atoms with Gasteiger partial charge < -0.3 is 5.11 Å². The minimum atomic E-state index is -4.36. The lowest BCUT2D eigenvalue weighted by atomic mass is 10.1. The van der Waals surface area contributed by atoms with Crippen LogP contribution in [0.25, 0.3) is 0 Å². The Hall–Kier alpha value is -4.58. The highest BCUT2D eigenvalue weighted by atomic mass is 32.2. The monoisotopic (exact) mass is 482 g/mol. The Labute approximate surface area is 194 Å². The van der Waals surface area contributed by atoms with Gasteiger partial charge in [-0.15, -0.1) is 0 Å². The number of carbonyl (C=O) groups is 2. The second-order valence-corrected chi connectivity index (χ2v) is 8.62. The number of anilines is 1. The van der Waals surface area contributed by atoms with Crippen LogP contribution in [0.1, 0.15) is 15.9 Å². The van der Waals surface area contributed by atoms with Crippen molar-refractivity contribution in [2.45, 2.75) is 4.90 Å². The van der Waals surface area contributed by atoms with Gasteiger partial charge in [0.25, 0.3) is 21.6 Å². The van der Waals surface area contributed by atoms with Gasteiger partial charge in [0.15, 0.2) is 0 Å². The average molecular weight is 482 g/mol. The zero-order valence-electron chi connectivity index (χ0n) is 17.4. The number of hydrogen-bond donors (Lipinski definition) is 2. The smallest absolute Gasteiger partial charge is 0.336 e. The predicted molar refractivity (Wildman–Crippen MR) is 123 cm³/mol. The van der Waals surface area contributed by atoms with Crippen LogP contribution in [0.15, 0.2) is 88.9 Å². The first-order valence-corrected chi connectivity index (χ1v) is 11.1. The van der Waals surface area contributed by atoms with Gasteiger partial charge in [-0.05, 0) is 24.3 Å². The molecule has 12 heteroatoms. The van der Waals surface area contributed by atoms with E-state index >= 15 is 0 Å². The molecule has 34 heavy (non-hydrogen) atoms. The molecule has 0 aliphatic heterocycles. The number of benzene rings is 3. The van der Waals surface area contributed by atoms with Gasteiger partial charge in [0.1, 0.15) is 12.2 Å². The summed E-state index contributed by atoms with van der Waals surface area (Å²) in [4.78, 5) is 34.4. The lowest BCUT2D eigenvalue weighted by Gasteiger charge is -2.23. The zero-order chi connectivity index (χ0) is 24.7. The molecule has 0 radical (unpaired) electrons. The van der Waals surface area contributed by atoms with E-state index in [9.17, 15) is 33.2 Å². The summed E-state index contributed by atoms with van der Waals surface area (Å²) in [5, 5.41) is 24.4. The molecule has 1 amide bonds. The maximum Gasteiger partial charge on any atom is 0.336 e. The van der Waals surface area contributed by atoms with Crippen LogP contribution in [0.3, 0.4) is 0 Å². The maximum atomic E-state index is 13.3. The molecule has 0 bridgehead atoms. The maximum absolute atomic E-state index is 13.3. The first-order valence-electron chi connectivity index (χ1n) is 9.67. The van der Waals surface area contributed by atoms with Crippen molar-refractivity contribution in [2.24, 2.45) is 5.10 Å². The van der Waals surface area contributed by atoms with Gasteiger partial charge in [0, 0.05) is 11.6 Å². The Kier molecular flexibility index (Phi) is 7.33. The Bertz CT molecular complexity index is 1360. The van der Waals surface area contributed by atoms with Gasteiger partial charge >= 0.3 is 5.97 Å². The molecule has 0 aromatic heterocycles. The minimum Gasteiger partial charge on any atom is -0.478 e. The molecule has 0 heterocycles. The van der Waals surface area contributed by atoms with Crippen LogP contribution < -0.4 is 9.73 Å². The van der Waals surface area contributed by atoms with Gasteiger partial charge in [-0.1, -0.05) is 48.5 Å². The molecule has 0 saturated heterocycles. The average Bonchev–Trinajstić information content (AvgIpc) is 2.83. The van der Waals surface area contributed by atoms with Crippen molar-refractivity contribution in [3.63, 3.8) is 0 Å². The van der Waals surface area contributed by atoms with E-state index in [2.05, 4.69) is 10.5 Å². The molecule has 0 spiro atoms. The van der Waals surface area contributed by atoms with Crippen molar-refractivity contribution in [3.05, 3.63) is 100 Å². The van der Waals surface area contributed by atoms with Crippen molar-refractivity contribution in [1.29, 1.82) is 0 Å². The standard InChI is InChI=1S/C22H18N4O7S/c27-21(24-23-14-16-8-4-5-11-18(16)22(28)29)15-25(19-12-6-7-13-20(19)26(30)31)34(32,33)17-9-2-1-3-10-17/h1-14H,15H2,(H,24,27)(H,28,29)/b23-14-. The van der Waals surface area contributed by atoms with Crippen LogP contribution in [0, 0.1) is 10.1 Å². The third-order valence-corrected chi connectivity index (χ3v) is 6.32. The van der Waals surface area contributed by atoms with Gasteiger partial charge in [-0.3, -0.25) is 14.9 Å². The fourth-order valence-electron chi connectivity index (χ4n) is 2.99. The number of carbonyl (C=O) groups excluding carboxylic acids is 1. The molecule has 3 aromatic rings. The van der Waals surface area contributed by atoms with E-state index < -0.39 is 39.1 Å². The molecule has 3 rings (SSSR count). The molecule has 174 valence electrons. The number of nitro groups is 1. The number of hydrazone groups is 1. The third kappa shape index (κ3) is 5.42. The fraction of sp³-hybridized carbons (Fsp3) is 0.0455. The number of aromatic carboxylic acids is 1. The quantitative estimate of drug-likeness (QED) is 0.269.